The zero-order valence-electron chi connectivity index (χ0n) is 14.0. The zero-order valence-corrected chi connectivity index (χ0v) is 14.0. The molecule has 25 heavy (non-hydrogen) atoms. The van der Waals surface area contributed by atoms with Crippen LogP contribution in [0.5, 0.6) is 0 Å². The van der Waals surface area contributed by atoms with Crippen molar-refractivity contribution in [2.75, 3.05) is 0 Å². The van der Waals surface area contributed by atoms with Gasteiger partial charge in [0.15, 0.2) is 0 Å². The molecule has 5 nitrogen and oxygen atoms in total. The van der Waals surface area contributed by atoms with Gasteiger partial charge in [0.25, 0.3) is 0 Å². The number of fused-ring (bicyclic) bond motifs is 1. The minimum Gasteiger partial charge on any atom is -0.311 e. The summed E-state index contributed by atoms with van der Waals surface area (Å²) in [5.74, 6) is -0.369. The number of nitrogens with zero attached hydrogens (tertiary/aromatic N) is 1. The predicted octanol–water partition coefficient (Wildman–Crippen LogP) is 3.20. The smallest absolute Gasteiger partial charge is 0.245 e. The molecule has 0 radical (unpaired) electrons. The average Bonchev–Trinajstić information content (AvgIpc) is 2.62. The van der Waals surface area contributed by atoms with Gasteiger partial charge in [-0.1, -0.05) is 54.6 Å². The van der Waals surface area contributed by atoms with Crippen molar-refractivity contribution in [1.29, 1.82) is 0 Å². The van der Waals surface area contributed by atoms with Crippen LogP contribution in [0, 0.1) is 0 Å². The van der Waals surface area contributed by atoms with Crippen molar-refractivity contribution < 1.29 is 14.4 Å². The number of carbonyl (C=O) groups is 2. The Balaban J connectivity index is 1.64. The third-order valence-corrected chi connectivity index (χ3v) is 4.12. The van der Waals surface area contributed by atoms with E-state index in [2.05, 4.69) is 5.48 Å². The molecule has 0 bridgehead atoms. The molecule has 0 aromatic heterocycles. The van der Waals surface area contributed by atoms with E-state index < -0.39 is 0 Å². The van der Waals surface area contributed by atoms with Crippen LogP contribution in [0.25, 0.3) is 6.08 Å². The number of benzene rings is 2. The van der Waals surface area contributed by atoms with Gasteiger partial charge in [0.1, 0.15) is 0 Å². The molecule has 2 aromatic rings. The summed E-state index contributed by atoms with van der Waals surface area (Å²) in [5, 5.41) is 0. The first kappa shape index (κ1) is 16.9. The second-order valence-corrected chi connectivity index (χ2v) is 5.89. The Morgan fingerprint density at radius 3 is 2.56 bits per heavy atom. The lowest BCUT2D eigenvalue weighted by molar-refractivity contribution is -0.137. The maximum absolute atomic E-state index is 12.3. The molecule has 0 fully saturated rings. The normalized spacial score (nSPS) is 15.6. The number of rotatable bonds is 5. The Kier molecular flexibility index (Phi) is 5.26. The zero-order chi connectivity index (χ0) is 17.6. The fourth-order valence-electron chi connectivity index (χ4n) is 2.90. The van der Waals surface area contributed by atoms with Crippen LogP contribution in [0.1, 0.15) is 36.1 Å². The lowest BCUT2D eigenvalue weighted by atomic mass is 9.93. The van der Waals surface area contributed by atoms with E-state index in [1.165, 1.54) is 6.92 Å². The van der Waals surface area contributed by atoms with E-state index in [4.69, 9.17) is 4.84 Å². The predicted molar refractivity (Wildman–Crippen MR) is 94.7 cm³/mol. The summed E-state index contributed by atoms with van der Waals surface area (Å²) in [7, 11) is 0. The highest BCUT2D eigenvalue weighted by atomic mass is 16.6. The monoisotopic (exact) mass is 336 g/mol. The lowest BCUT2D eigenvalue weighted by Gasteiger charge is -2.32. The molecule has 0 spiro atoms. The van der Waals surface area contributed by atoms with Crippen molar-refractivity contribution in [3.05, 3.63) is 77.5 Å². The molecule has 2 amide bonds. The fourth-order valence-corrected chi connectivity index (χ4v) is 2.90. The molecule has 1 N–H and O–H groups in total. The fraction of sp³-hybridized carbons (Fsp3) is 0.200. The SMILES string of the molecule is CC(=O)N1C=Cc2ccccc2C1CC(=O)NOCc1ccccc1. The summed E-state index contributed by atoms with van der Waals surface area (Å²) in [6, 6.07) is 17.0. The molecular formula is C20H20N2O3. The number of hydrogen-bond donors (Lipinski definition) is 1. The van der Waals surface area contributed by atoms with Crippen molar-refractivity contribution >= 4 is 17.9 Å². The highest BCUT2D eigenvalue weighted by Gasteiger charge is 2.28. The van der Waals surface area contributed by atoms with Crippen LogP contribution in [-0.4, -0.2) is 16.7 Å². The van der Waals surface area contributed by atoms with E-state index in [1.807, 2.05) is 60.7 Å². The third kappa shape index (κ3) is 4.14. The summed E-state index contributed by atoms with van der Waals surface area (Å²) in [6.07, 6.45) is 3.75. The van der Waals surface area contributed by atoms with E-state index in [-0.39, 0.29) is 24.3 Å². The van der Waals surface area contributed by atoms with Gasteiger partial charge in [0.05, 0.1) is 19.1 Å². The minimum absolute atomic E-state index is 0.103. The third-order valence-electron chi connectivity index (χ3n) is 4.12. The molecule has 1 aliphatic heterocycles. The van der Waals surface area contributed by atoms with Gasteiger partial charge < -0.3 is 4.90 Å². The molecule has 1 unspecified atom stereocenters. The first-order chi connectivity index (χ1) is 12.1. The lowest BCUT2D eigenvalue weighted by Crippen LogP contribution is -2.35. The first-order valence-electron chi connectivity index (χ1n) is 8.16. The van der Waals surface area contributed by atoms with Crippen molar-refractivity contribution in [2.24, 2.45) is 0 Å². The second-order valence-electron chi connectivity index (χ2n) is 5.89. The number of hydroxylamine groups is 1. The number of amides is 2. The molecule has 128 valence electrons. The molecule has 2 aromatic carbocycles. The van der Waals surface area contributed by atoms with Gasteiger partial charge in [0, 0.05) is 13.1 Å². The van der Waals surface area contributed by atoms with E-state index in [1.54, 1.807) is 11.1 Å². The van der Waals surface area contributed by atoms with Crippen LogP contribution in [0.4, 0.5) is 0 Å². The summed E-state index contributed by atoms with van der Waals surface area (Å²) >= 11 is 0. The topological polar surface area (TPSA) is 58.6 Å². The molecule has 3 rings (SSSR count). The van der Waals surface area contributed by atoms with E-state index in [0.717, 1.165) is 16.7 Å². The van der Waals surface area contributed by atoms with Crippen LogP contribution in [-0.2, 0) is 21.0 Å². The average molecular weight is 336 g/mol. The summed E-state index contributed by atoms with van der Waals surface area (Å²) in [6.45, 7) is 1.79. The van der Waals surface area contributed by atoms with Crippen molar-refractivity contribution in [2.45, 2.75) is 26.0 Å². The van der Waals surface area contributed by atoms with Crippen LogP contribution in [0.15, 0.2) is 60.8 Å². The van der Waals surface area contributed by atoms with E-state index >= 15 is 0 Å². The first-order valence-corrected chi connectivity index (χ1v) is 8.16. The Labute approximate surface area is 146 Å². The Morgan fingerprint density at radius 2 is 1.80 bits per heavy atom. The van der Waals surface area contributed by atoms with Crippen LogP contribution >= 0.6 is 0 Å². The molecule has 0 saturated carbocycles. The molecule has 0 saturated heterocycles. The van der Waals surface area contributed by atoms with Crippen molar-refractivity contribution in [1.82, 2.24) is 10.4 Å². The summed E-state index contributed by atoms with van der Waals surface area (Å²) in [4.78, 5) is 31.1. The largest absolute Gasteiger partial charge is 0.311 e. The van der Waals surface area contributed by atoms with Crippen molar-refractivity contribution in [3.8, 4) is 0 Å². The van der Waals surface area contributed by atoms with Crippen molar-refractivity contribution in [3.63, 3.8) is 0 Å². The van der Waals surface area contributed by atoms with Gasteiger partial charge in [-0.3, -0.25) is 14.4 Å². The minimum atomic E-state index is -0.334. The highest BCUT2D eigenvalue weighted by Crippen LogP contribution is 2.32. The van der Waals surface area contributed by atoms with Gasteiger partial charge in [-0.05, 0) is 22.8 Å². The summed E-state index contributed by atoms with van der Waals surface area (Å²) in [5.41, 5.74) is 5.41. The molecule has 5 heteroatoms. The quantitative estimate of drug-likeness (QED) is 0.853. The Hall–Kier alpha value is -2.92. The molecule has 0 aliphatic carbocycles. The van der Waals surface area contributed by atoms with Crippen LogP contribution in [0.3, 0.4) is 0 Å². The number of carbonyl (C=O) groups excluding carboxylic acids is 2. The highest BCUT2D eigenvalue weighted by molar-refractivity contribution is 5.81. The van der Waals surface area contributed by atoms with Gasteiger partial charge in [-0.25, -0.2) is 5.48 Å². The van der Waals surface area contributed by atoms with Crippen LogP contribution in [0.2, 0.25) is 0 Å². The Morgan fingerprint density at radius 1 is 1.08 bits per heavy atom. The molecule has 1 aliphatic rings. The maximum atomic E-state index is 12.3. The van der Waals surface area contributed by atoms with E-state index in [0.29, 0.717) is 6.61 Å². The number of hydrogen-bond acceptors (Lipinski definition) is 3. The van der Waals surface area contributed by atoms with Crippen LogP contribution < -0.4 is 5.48 Å². The molecular weight excluding hydrogens is 316 g/mol. The van der Waals surface area contributed by atoms with Gasteiger partial charge in [0.2, 0.25) is 11.8 Å². The summed E-state index contributed by atoms with van der Waals surface area (Å²) < 4.78 is 0. The van der Waals surface area contributed by atoms with E-state index in [9.17, 15) is 9.59 Å². The number of nitrogens with one attached hydrogen (secondary N) is 1. The molecule has 1 atom stereocenters. The standard InChI is InChI=1S/C20H20N2O3/c1-15(23)22-12-11-17-9-5-6-10-18(17)19(22)13-20(24)21-25-14-16-7-3-2-4-8-16/h2-12,19H,13-14H2,1H3,(H,21,24). The second kappa shape index (κ2) is 7.77. The Bertz CT molecular complexity index is 787. The molecule has 1 heterocycles. The van der Waals surface area contributed by atoms with Gasteiger partial charge in [-0.15, -0.1) is 0 Å². The van der Waals surface area contributed by atoms with Gasteiger partial charge >= 0.3 is 0 Å². The van der Waals surface area contributed by atoms with Gasteiger partial charge in [-0.2, -0.15) is 0 Å². The maximum Gasteiger partial charge on any atom is 0.245 e.